The van der Waals surface area contributed by atoms with Gasteiger partial charge in [-0.3, -0.25) is 0 Å². The van der Waals surface area contributed by atoms with Crippen molar-refractivity contribution in [3.8, 4) is 6.07 Å². The number of likely N-dealkylation sites (N-methyl/N-ethyl adjacent to an activating group) is 1. The van der Waals surface area contributed by atoms with Crippen molar-refractivity contribution in [1.29, 1.82) is 5.26 Å². The van der Waals surface area contributed by atoms with Gasteiger partial charge in [0.2, 0.25) is 0 Å². The van der Waals surface area contributed by atoms with Gasteiger partial charge in [-0.05, 0) is 45.1 Å². The maximum atomic E-state index is 8.90. The smallest absolute Gasteiger partial charge is 0.101 e. The maximum absolute atomic E-state index is 8.90. The zero-order valence-corrected chi connectivity index (χ0v) is 11.1. The first-order valence-electron chi connectivity index (χ1n) is 6.33. The minimum Gasteiger partial charge on any atom is -0.398 e. The largest absolute Gasteiger partial charge is 0.398 e. The Hall–Kier alpha value is -1.73. The molecule has 1 aliphatic rings. The molecule has 1 aliphatic heterocycles. The van der Waals surface area contributed by atoms with Crippen LogP contribution in [0, 0.1) is 11.3 Å². The van der Waals surface area contributed by atoms with Gasteiger partial charge >= 0.3 is 0 Å². The van der Waals surface area contributed by atoms with E-state index in [9.17, 15) is 0 Å². The van der Waals surface area contributed by atoms with Crippen molar-refractivity contribution in [3.05, 3.63) is 23.8 Å². The lowest BCUT2D eigenvalue weighted by atomic mass is 10.1. The van der Waals surface area contributed by atoms with Crippen molar-refractivity contribution in [2.45, 2.75) is 18.9 Å². The Morgan fingerprint density at radius 3 is 2.89 bits per heavy atom. The van der Waals surface area contributed by atoms with E-state index in [1.807, 2.05) is 18.2 Å². The SMILES string of the molecule is CN(C)CC1CCCN1c1ccc(C#N)c(N)c1. The lowest BCUT2D eigenvalue weighted by Gasteiger charge is -2.29. The van der Waals surface area contributed by atoms with Crippen LogP contribution in [0.4, 0.5) is 11.4 Å². The molecule has 4 nitrogen and oxygen atoms in total. The van der Waals surface area contributed by atoms with Crippen molar-refractivity contribution in [1.82, 2.24) is 4.90 Å². The number of nitriles is 1. The van der Waals surface area contributed by atoms with Crippen molar-refractivity contribution >= 4 is 11.4 Å². The molecule has 0 amide bonds. The molecule has 1 fully saturated rings. The summed E-state index contributed by atoms with van der Waals surface area (Å²) < 4.78 is 0. The van der Waals surface area contributed by atoms with Gasteiger partial charge in [0, 0.05) is 24.8 Å². The van der Waals surface area contributed by atoms with E-state index < -0.39 is 0 Å². The highest BCUT2D eigenvalue weighted by molar-refractivity contribution is 5.64. The Labute approximate surface area is 109 Å². The Kier molecular flexibility index (Phi) is 3.73. The number of nitrogens with zero attached hydrogens (tertiary/aromatic N) is 3. The van der Waals surface area contributed by atoms with Gasteiger partial charge < -0.3 is 15.5 Å². The second-order valence-electron chi connectivity index (χ2n) is 5.14. The fourth-order valence-corrected chi connectivity index (χ4v) is 2.62. The lowest BCUT2D eigenvalue weighted by Crippen LogP contribution is -2.37. The van der Waals surface area contributed by atoms with E-state index >= 15 is 0 Å². The van der Waals surface area contributed by atoms with E-state index in [1.165, 1.54) is 12.8 Å². The third-order valence-corrected chi connectivity index (χ3v) is 3.44. The van der Waals surface area contributed by atoms with Gasteiger partial charge in [-0.2, -0.15) is 5.26 Å². The first-order valence-corrected chi connectivity index (χ1v) is 6.33. The summed E-state index contributed by atoms with van der Waals surface area (Å²) >= 11 is 0. The summed E-state index contributed by atoms with van der Waals surface area (Å²) in [6.45, 7) is 2.13. The molecule has 2 rings (SSSR count). The average molecular weight is 244 g/mol. The van der Waals surface area contributed by atoms with E-state index in [1.54, 1.807) is 0 Å². The van der Waals surface area contributed by atoms with Gasteiger partial charge in [-0.1, -0.05) is 0 Å². The van der Waals surface area contributed by atoms with Crippen LogP contribution in [-0.2, 0) is 0 Å². The zero-order valence-electron chi connectivity index (χ0n) is 11.1. The van der Waals surface area contributed by atoms with Crippen molar-refractivity contribution in [3.63, 3.8) is 0 Å². The minimum atomic E-state index is 0.548. The Morgan fingerprint density at radius 1 is 1.50 bits per heavy atom. The number of benzene rings is 1. The first kappa shape index (κ1) is 12.7. The van der Waals surface area contributed by atoms with Gasteiger partial charge in [0.25, 0.3) is 0 Å². The number of nitrogen functional groups attached to an aromatic ring is 1. The van der Waals surface area contributed by atoms with Crippen molar-refractivity contribution in [2.24, 2.45) is 0 Å². The van der Waals surface area contributed by atoms with Crippen LogP contribution in [0.1, 0.15) is 18.4 Å². The summed E-state index contributed by atoms with van der Waals surface area (Å²) in [6, 6.07) is 8.39. The van der Waals surface area contributed by atoms with Gasteiger partial charge in [-0.25, -0.2) is 0 Å². The maximum Gasteiger partial charge on any atom is 0.101 e. The van der Waals surface area contributed by atoms with Crippen molar-refractivity contribution < 1.29 is 0 Å². The fourth-order valence-electron chi connectivity index (χ4n) is 2.62. The van der Waals surface area contributed by atoms with Crippen LogP contribution in [0.25, 0.3) is 0 Å². The number of hydrogen-bond donors (Lipinski definition) is 1. The Morgan fingerprint density at radius 2 is 2.28 bits per heavy atom. The molecule has 0 radical (unpaired) electrons. The lowest BCUT2D eigenvalue weighted by molar-refractivity contribution is 0.372. The Balaban J connectivity index is 2.20. The topological polar surface area (TPSA) is 56.3 Å². The van der Waals surface area contributed by atoms with Crippen LogP contribution in [0.15, 0.2) is 18.2 Å². The van der Waals surface area contributed by atoms with Gasteiger partial charge in [0.15, 0.2) is 0 Å². The van der Waals surface area contributed by atoms with E-state index in [4.69, 9.17) is 11.0 Å². The number of rotatable bonds is 3. The third-order valence-electron chi connectivity index (χ3n) is 3.44. The molecule has 1 atom stereocenters. The molecule has 4 heteroatoms. The summed E-state index contributed by atoms with van der Waals surface area (Å²) in [5.74, 6) is 0. The molecule has 1 heterocycles. The third kappa shape index (κ3) is 2.57. The van der Waals surface area contributed by atoms with Crippen LogP contribution < -0.4 is 10.6 Å². The summed E-state index contributed by atoms with van der Waals surface area (Å²) in [7, 11) is 4.20. The molecule has 2 N–H and O–H groups in total. The number of anilines is 2. The minimum absolute atomic E-state index is 0.548. The number of nitrogens with two attached hydrogens (primary N) is 1. The second kappa shape index (κ2) is 5.28. The van der Waals surface area contributed by atoms with Gasteiger partial charge in [0.05, 0.1) is 11.3 Å². The summed E-state index contributed by atoms with van der Waals surface area (Å²) in [5, 5.41) is 8.90. The van der Waals surface area contributed by atoms with Crippen LogP contribution in [0.3, 0.4) is 0 Å². The fraction of sp³-hybridized carbons (Fsp3) is 0.500. The van der Waals surface area contributed by atoms with Crippen LogP contribution in [0.5, 0.6) is 0 Å². The molecule has 18 heavy (non-hydrogen) atoms. The zero-order chi connectivity index (χ0) is 13.1. The highest BCUT2D eigenvalue weighted by Gasteiger charge is 2.25. The Bertz CT molecular complexity index is 461. The predicted octanol–water partition coefficient (Wildman–Crippen LogP) is 1.67. The molecule has 1 aromatic rings. The van der Waals surface area contributed by atoms with Crippen LogP contribution in [0.2, 0.25) is 0 Å². The quantitative estimate of drug-likeness (QED) is 0.822. The molecular weight excluding hydrogens is 224 g/mol. The number of hydrogen-bond acceptors (Lipinski definition) is 4. The van der Waals surface area contributed by atoms with Crippen LogP contribution >= 0.6 is 0 Å². The van der Waals surface area contributed by atoms with E-state index in [2.05, 4.69) is 30.0 Å². The monoisotopic (exact) mass is 244 g/mol. The molecule has 0 aliphatic carbocycles. The summed E-state index contributed by atoms with van der Waals surface area (Å²) in [5.41, 5.74) is 8.15. The van der Waals surface area contributed by atoms with E-state index in [0.29, 0.717) is 17.3 Å². The van der Waals surface area contributed by atoms with Crippen molar-refractivity contribution in [2.75, 3.05) is 37.8 Å². The molecule has 1 unspecified atom stereocenters. The molecule has 1 saturated heterocycles. The molecule has 0 saturated carbocycles. The summed E-state index contributed by atoms with van der Waals surface area (Å²) in [6.07, 6.45) is 2.44. The molecule has 96 valence electrons. The highest BCUT2D eigenvalue weighted by atomic mass is 15.2. The standard InChI is InChI=1S/C14H20N4/c1-17(2)10-13-4-3-7-18(13)12-6-5-11(9-15)14(16)8-12/h5-6,8,13H,3-4,7,10,16H2,1-2H3. The highest BCUT2D eigenvalue weighted by Crippen LogP contribution is 2.28. The van der Waals surface area contributed by atoms with E-state index in [-0.39, 0.29) is 0 Å². The molecule has 1 aromatic carbocycles. The predicted molar refractivity (Wildman–Crippen MR) is 74.5 cm³/mol. The summed E-state index contributed by atoms with van der Waals surface area (Å²) in [4.78, 5) is 4.62. The molecule has 0 aromatic heterocycles. The average Bonchev–Trinajstić information content (AvgIpc) is 2.76. The van der Waals surface area contributed by atoms with Gasteiger partial charge in [-0.15, -0.1) is 0 Å². The molecule has 0 spiro atoms. The molecule has 0 bridgehead atoms. The van der Waals surface area contributed by atoms with E-state index in [0.717, 1.165) is 18.8 Å². The first-order chi connectivity index (χ1) is 8.61. The van der Waals surface area contributed by atoms with Crippen LogP contribution in [-0.4, -0.2) is 38.1 Å². The van der Waals surface area contributed by atoms with Gasteiger partial charge in [0.1, 0.15) is 6.07 Å². The second-order valence-corrected chi connectivity index (χ2v) is 5.14. The normalized spacial score (nSPS) is 19.2. The molecular formula is C14H20N4.